The maximum Gasteiger partial charge on any atom is 0.127 e. The van der Waals surface area contributed by atoms with E-state index in [0.29, 0.717) is 0 Å². The summed E-state index contributed by atoms with van der Waals surface area (Å²) in [5.74, 6) is 3.12. The molecule has 0 amide bonds. The minimum Gasteiger partial charge on any atom is -0.497 e. The number of benzene rings is 1. The van der Waals surface area contributed by atoms with Crippen molar-refractivity contribution in [2.75, 3.05) is 33.3 Å². The Morgan fingerprint density at radius 1 is 1.00 bits per heavy atom. The number of fused-ring (bicyclic) bond motifs is 2. The van der Waals surface area contributed by atoms with Gasteiger partial charge < -0.3 is 14.5 Å². The zero-order chi connectivity index (χ0) is 14.9. The summed E-state index contributed by atoms with van der Waals surface area (Å²) in [5, 5.41) is 0. The van der Waals surface area contributed by atoms with Crippen LogP contribution in [-0.4, -0.2) is 39.3 Å². The van der Waals surface area contributed by atoms with Gasteiger partial charge in [0.05, 0.1) is 13.2 Å². The summed E-state index contributed by atoms with van der Waals surface area (Å²) >= 11 is 0. The maximum atomic E-state index is 5.24. The Hall–Kier alpha value is -1.06. The van der Waals surface area contributed by atoms with Crippen LogP contribution in [0.2, 0.25) is 0 Å². The largest absolute Gasteiger partial charge is 0.497 e. The van der Waals surface area contributed by atoms with Gasteiger partial charge in [-0.05, 0) is 49.4 Å². The first-order chi connectivity index (χ1) is 10.8. The molecule has 3 aliphatic rings. The van der Waals surface area contributed by atoms with Crippen LogP contribution >= 0.6 is 0 Å². The molecule has 2 N–H and O–H groups in total. The van der Waals surface area contributed by atoms with Crippen LogP contribution in [0, 0.1) is 11.8 Å². The normalized spacial score (nSPS) is 37.4. The predicted octanol–water partition coefficient (Wildman–Crippen LogP) is 0.167. The molecule has 0 aromatic heterocycles. The van der Waals surface area contributed by atoms with Crippen molar-refractivity contribution in [3.63, 3.8) is 0 Å². The van der Waals surface area contributed by atoms with Crippen molar-refractivity contribution >= 4 is 0 Å². The van der Waals surface area contributed by atoms with E-state index in [2.05, 4.69) is 24.3 Å². The molecule has 1 saturated heterocycles. The molecule has 1 aromatic rings. The average molecular weight is 302 g/mol. The quantitative estimate of drug-likeness (QED) is 0.811. The number of rotatable bonds is 4. The molecule has 0 unspecified atom stereocenters. The van der Waals surface area contributed by atoms with Crippen molar-refractivity contribution in [2.45, 2.75) is 38.3 Å². The predicted molar refractivity (Wildman–Crippen MR) is 87.3 cm³/mol. The highest BCUT2D eigenvalue weighted by Crippen LogP contribution is 2.43. The lowest BCUT2D eigenvalue weighted by molar-refractivity contribution is -1.03. The Morgan fingerprint density at radius 3 is 2.36 bits per heavy atom. The summed E-state index contributed by atoms with van der Waals surface area (Å²) in [4.78, 5) is 3.70. The lowest BCUT2D eigenvalue weighted by Gasteiger charge is -2.36. The number of piperazine rings is 1. The molecule has 1 aliphatic heterocycles. The maximum absolute atomic E-state index is 5.24. The van der Waals surface area contributed by atoms with Crippen LogP contribution in [-0.2, 0) is 6.54 Å². The molecule has 0 radical (unpaired) electrons. The van der Waals surface area contributed by atoms with E-state index in [9.17, 15) is 0 Å². The lowest BCUT2D eigenvalue weighted by Crippen LogP contribution is -3.29. The zero-order valence-electron chi connectivity index (χ0n) is 13.8. The van der Waals surface area contributed by atoms with Crippen molar-refractivity contribution in [3.8, 4) is 5.75 Å². The molecule has 3 fully saturated rings. The summed E-state index contributed by atoms with van der Waals surface area (Å²) < 4.78 is 5.24. The number of ether oxygens (including phenoxy) is 1. The number of nitrogens with one attached hydrogen (secondary N) is 2. The van der Waals surface area contributed by atoms with E-state index in [1.165, 1.54) is 57.5 Å². The van der Waals surface area contributed by atoms with Gasteiger partial charge in [-0.25, -0.2) is 0 Å². The van der Waals surface area contributed by atoms with Crippen LogP contribution in [0.5, 0.6) is 5.75 Å². The average Bonchev–Trinajstić information content (AvgIpc) is 3.19. The number of quaternary nitrogens is 2. The van der Waals surface area contributed by atoms with Gasteiger partial charge in [-0.15, -0.1) is 0 Å². The molecule has 3 heteroatoms. The van der Waals surface area contributed by atoms with Gasteiger partial charge in [0.2, 0.25) is 0 Å². The lowest BCUT2D eigenvalue weighted by atomic mass is 9.93. The minimum absolute atomic E-state index is 0.962. The zero-order valence-corrected chi connectivity index (χ0v) is 13.8. The van der Waals surface area contributed by atoms with Gasteiger partial charge in [0.1, 0.15) is 38.5 Å². The molecule has 3 nitrogen and oxygen atoms in total. The van der Waals surface area contributed by atoms with Crippen molar-refractivity contribution in [1.82, 2.24) is 0 Å². The fourth-order valence-corrected chi connectivity index (χ4v) is 5.25. The first kappa shape index (κ1) is 14.5. The van der Waals surface area contributed by atoms with Gasteiger partial charge in [0.15, 0.2) is 0 Å². The fourth-order valence-electron chi connectivity index (χ4n) is 5.25. The van der Waals surface area contributed by atoms with Gasteiger partial charge in [-0.2, -0.15) is 0 Å². The van der Waals surface area contributed by atoms with E-state index in [1.807, 2.05) is 4.90 Å². The number of hydrogen-bond acceptors (Lipinski definition) is 1. The van der Waals surface area contributed by atoms with Crippen molar-refractivity contribution in [1.29, 1.82) is 0 Å². The van der Waals surface area contributed by atoms with Gasteiger partial charge in [-0.1, -0.05) is 0 Å². The minimum atomic E-state index is 0.962. The second kappa shape index (κ2) is 6.21. The molecule has 22 heavy (non-hydrogen) atoms. The Bertz CT molecular complexity index is 493. The van der Waals surface area contributed by atoms with Crippen LogP contribution < -0.4 is 14.5 Å². The summed E-state index contributed by atoms with van der Waals surface area (Å²) in [7, 11) is 1.73. The summed E-state index contributed by atoms with van der Waals surface area (Å²) in [6.07, 6.45) is 6.15. The monoisotopic (exact) mass is 302 g/mol. The Kier molecular flexibility index (Phi) is 4.10. The van der Waals surface area contributed by atoms with Crippen molar-refractivity contribution in [3.05, 3.63) is 29.8 Å². The Labute approximate surface area is 134 Å². The summed E-state index contributed by atoms with van der Waals surface area (Å²) in [6.45, 7) is 6.64. The van der Waals surface area contributed by atoms with Crippen LogP contribution in [0.25, 0.3) is 0 Å². The number of hydrogen-bond donors (Lipinski definition) is 2. The molecule has 0 spiro atoms. The van der Waals surface area contributed by atoms with Gasteiger partial charge >= 0.3 is 0 Å². The molecule has 120 valence electrons. The molecule has 2 bridgehead atoms. The molecule has 3 atom stereocenters. The van der Waals surface area contributed by atoms with Gasteiger partial charge in [-0.3, -0.25) is 0 Å². The van der Waals surface area contributed by atoms with Crippen LogP contribution in [0.4, 0.5) is 0 Å². The smallest absolute Gasteiger partial charge is 0.127 e. The van der Waals surface area contributed by atoms with E-state index >= 15 is 0 Å². The van der Waals surface area contributed by atoms with E-state index < -0.39 is 0 Å². The first-order valence-corrected chi connectivity index (χ1v) is 9.13. The molecule has 1 aromatic carbocycles. The van der Waals surface area contributed by atoms with Crippen LogP contribution in [0.15, 0.2) is 24.3 Å². The third kappa shape index (κ3) is 2.89. The molecular weight excluding hydrogens is 272 g/mol. The highest BCUT2D eigenvalue weighted by molar-refractivity contribution is 5.26. The summed E-state index contributed by atoms with van der Waals surface area (Å²) in [5.41, 5.74) is 1.44. The molecule has 2 aliphatic carbocycles. The standard InChI is InChI=1S/C19H28N2O/c1-22-18-6-3-15(4-7-18)14-20-8-10-21(11-9-20)19-13-16-2-5-17(19)12-16/h3-4,6-7,16-17,19H,2,5,8-14H2,1H3/p+2/t16-,17+,19+/m0/s1. The Morgan fingerprint density at radius 2 is 1.77 bits per heavy atom. The SMILES string of the molecule is COc1ccc(C[NH+]2CC[NH+]([C@@H]3C[C@H]4CC[C@@H]3C4)CC2)cc1. The third-order valence-corrected chi connectivity index (χ3v) is 6.47. The van der Waals surface area contributed by atoms with Crippen molar-refractivity contribution < 1.29 is 14.5 Å². The fraction of sp³-hybridized carbons (Fsp3) is 0.684. The second-order valence-corrected chi connectivity index (χ2v) is 7.71. The molecule has 4 rings (SSSR count). The number of methoxy groups -OCH3 is 1. The molecule has 1 heterocycles. The molecular formula is C19H30N2O+2. The van der Waals surface area contributed by atoms with Crippen LogP contribution in [0.3, 0.4) is 0 Å². The van der Waals surface area contributed by atoms with Gasteiger partial charge in [0, 0.05) is 17.9 Å². The third-order valence-electron chi connectivity index (χ3n) is 6.47. The van der Waals surface area contributed by atoms with E-state index in [0.717, 1.165) is 23.6 Å². The molecule has 2 saturated carbocycles. The van der Waals surface area contributed by atoms with Crippen molar-refractivity contribution in [2.24, 2.45) is 11.8 Å². The topological polar surface area (TPSA) is 18.1 Å². The van der Waals surface area contributed by atoms with E-state index in [4.69, 9.17) is 4.74 Å². The second-order valence-electron chi connectivity index (χ2n) is 7.71. The van der Waals surface area contributed by atoms with E-state index in [1.54, 1.807) is 18.4 Å². The van der Waals surface area contributed by atoms with Crippen LogP contribution in [0.1, 0.15) is 31.2 Å². The first-order valence-electron chi connectivity index (χ1n) is 9.13. The summed E-state index contributed by atoms with van der Waals surface area (Å²) in [6, 6.07) is 9.64. The Balaban J connectivity index is 1.28. The van der Waals surface area contributed by atoms with E-state index in [-0.39, 0.29) is 0 Å². The highest BCUT2D eigenvalue weighted by Gasteiger charge is 2.45. The highest BCUT2D eigenvalue weighted by atomic mass is 16.5. The van der Waals surface area contributed by atoms with Gasteiger partial charge in [0.25, 0.3) is 0 Å².